The quantitative estimate of drug-likeness (QED) is 0.181. The molecule has 0 saturated heterocycles. The van der Waals surface area contributed by atoms with Crippen LogP contribution in [0.2, 0.25) is 0 Å². The zero-order valence-electron chi connectivity index (χ0n) is 27.9. The lowest BCUT2D eigenvalue weighted by Gasteiger charge is -2.28. The van der Waals surface area contributed by atoms with Crippen LogP contribution < -0.4 is 4.90 Å². The van der Waals surface area contributed by atoms with E-state index in [1.54, 1.807) is 0 Å². The third-order valence-electron chi connectivity index (χ3n) is 10.3. The lowest BCUT2D eigenvalue weighted by molar-refractivity contribution is 0.669. The Morgan fingerprint density at radius 3 is 1.65 bits per heavy atom. The standard InChI is InChI=1S/C48H29NO2S/c1-5-19-42(34(11-1)39-16-10-18-41-36-13-3-7-21-44(36)51-48(39)41)49(32-27-28-38-37-14-4-8-22-45(37)52-46(38)29-32)31-25-23-30(24-26-31)33-15-9-17-40-35-12-2-6-20-43(35)50-47(33)40/h1-29H. The van der Waals surface area contributed by atoms with Crippen LogP contribution in [0.25, 0.3) is 86.3 Å². The topological polar surface area (TPSA) is 29.5 Å². The molecule has 0 spiro atoms. The van der Waals surface area contributed by atoms with E-state index in [2.05, 4.69) is 157 Å². The number of hydrogen-bond donors (Lipinski definition) is 0. The molecule has 0 fully saturated rings. The Kier molecular flexibility index (Phi) is 6.42. The summed E-state index contributed by atoms with van der Waals surface area (Å²) in [5.41, 5.74) is 11.2. The van der Waals surface area contributed by atoms with Crippen LogP contribution in [0.15, 0.2) is 185 Å². The van der Waals surface area contributed by atoms with Crippen LogP contribution in [0, 0.1) is 0 Å². The summed E-state index contributed by atoms with van der Waals surface area (Å²) >= 11 is 1.84. The van der Waals surface area contributed by atoms with E-state index in [0.29, 0.717) is 0 Å². The maximum atomic E-state index is 6.57. The van der Waals surface area contributed by atoms with Crippen LogP contribution in [0.4, 0.5) is 17.1 Å². The van der Waals surface area contributed by atoms with Crippen LogP contribution in [-0.4, -0.2) is 0 Å². The van der Waals surface area contributed by atoms with Crippen molar-refractivity contribution in [1.29, 1.82) is 0 Å². The lowest BCUT2D eigenvalue weighted by Crippen LogP contribution is -2.11. The molecule has 0 saturated carbocycles. The molecule has 0 aliphatic carbocycles. The highest BCUT2D eigenvalue weighted by molar-refractivity contribution is 7.25. The van der Waals surface area contributed by atoms with Crippen molar-refractivity contribution >= 4 is 92.4 Å². The minimum atomic E-state index is 0.893. The number of anilines is 3. The summed E-state index contributed by atoms with van der Waals surface area (Å²) in [6.45, 7) is 0. The van der Waals surface area contributed by atoms with Crippen molar-refractivity contribution in [2.24, 2.45) is 0 Å². The van der Waals surface area contributed by atoms with Crippen molar-refractivity contribution < 1.29 is 8.83 Å². The number of hydrogen-bond acceptors (Lipinski definition) is 4. The van der Waals surface area contributed by atoms with Crippen molar-refractivity contribution in [3.05, 3.63) is 176 Å². The number of fused-ring (bicyclic) bond motifs is 9. The first-order chi connectivity index (χ1) is 25.8. The third kappa shape index (κ3) is 4.45. The van der Waals surface area contributed by atoms with E-state index < -0.39 is 0 Å². The molecule has 52 heavy (non-hydrogen) atoms. The van der Waals surface area contributed by atoms with Crippen LogP contribution in [0.3, 0.4) is 0 Å². The van der Waals surface area contributed by atoms with Gasteiger partial charge in [0.2, 0.25) is 0 Å². The molecule has 0 amide bonds. The number of para-hydroxylation sites is 5. The summed E-state index contributed by atoms with van der Waals surface area (Å²) in [7, 11) is 0. The maximum Gasteiger partial charge on any atom is 0.143 e. The van der Waals surface area contributed by atoms with E-state index >= 15 is 0 Å². The molecule has 244 valence electrons. The molecule has 11 rings (SSSR count). The minimum Gasteiger partial charge on any atom is -0.455 e. The predicted molar refractivity (Wildman–Crippen MR) is 219 cm³/mol. The third-order valence-corrected chi connectivity index (χ3v) is 11.4. The highest BCUT2D eigenvalue weighted by Gasteiger charge is 2.21. The Hall–Kier alpha value is -6.62. The maximum absolute atomic E-state index is 6.57. The number of rotatable bonds is 5. The summed E-state index contributed by atoms with van der Waals surface area (Å²) in [6, 6.07) is 62.5. The van der Waals surface area contributed by atoms with Crippen LogP contribution in [-0.2, 0) is 0 Å². The number of thiophene rings is 1. The van der Waals surface area contributed by atoms with E-state index in [1.807, 2.05) is 35.6 Å². The first-order valence-corrected chi connectivity index (χ1v) is 18.3. The monoisotopic (exact) mass is 683 g/mol. The van der Waals surface area contributed by atoms with Gasteiger partial charge in [-0.1, -0.05) is 127 Å². The average molecular weight is 684 g/mol. The number of benzene rings is 8. The second kappa shape index (κ2) is 11.5. The zero-order valence-corrected chi connectivity index (χ0v) is 28.7. The Bertz CT molecular complexity index is 3150. The molecule has 0 radical (unpaired) electrons. The second-order valence-electron chi connectivity index (χ2n) is 13.2. The van der Waals surface area contributed by atoms with Gasteiger partial charge in [0.05, 0.1) is 5.69 Å². The number of furan rings is 2. The fourth-order valence-electron chi connectivity index (χ4n) is 7.90. The average Bonchev–Trinajstić information content (AvgIpc) is 3.90. The van der Waals surface area contributed by atoms with Gasteiger partial charge < -0.3 is 13.7 Å². The van der Waals surface area contributed by atoms with Gasteiger partial charge in [0.25, 0.3) is 0 Å². The van der Waals surface area contributed by atoms with E-state index in [0.717, 1.165) is 83.2 Å². The first-order valence-electron chi connectivity index (χ1n) is 17.5. The zero-order chi connectivity index (χ0) is 34.2. The predicted octanol–water partition coefficient (Wildman–Crippen LogP) is 14.7. The van der Waals surface area contributed by atoms with Gasteiger partial charge in [0.1, 0.15) is 22.3 Å². The SMILES string of the molecule is c1ccc(N(c2ccc(-c3cccc4c3oc3ccccc34)cc2)c2ccc3c(c2)sc2ccccc23)c(-c2cccc3c2oc2ccccc23)c1. The number of nitrogens with zero attached hydrogens (tertiary/aromatic N) is 1. The Morgan fingerprint density at radius 1 is 0.365 bits per heavy atom. The summed E-state index contributed by atoms with van der Waals surface area (Å²) in [6.07, 6.45) is 0. The molecule has 0 bridgehead atoms. The fraction of sp³-hybridized carbons (Fsp3) is 0. The molecule has 0 N–H and O–H groups in total. The van der Waals surface area contributed by atoms with E-state index in [9.17, 15) is 0 Å². The van der Waals surface area contributed by atoms with Gasteiger partial charge in [0, 0.05) is 69.8 Å². The van der Waals surface area contributed by atoms with E-state index in [1.165, 1.54) is 20.2 Å². The molecular formula is C48H29NO2S. The van der Waals surface area contributed by atoms with Crippen molar-refractivity contribution in [1.82, 2.24) is 0 Å². The molecule has 0 atom stereocenters. The molecule has 11 aromatic rings. The molecule has 0 aliphatic rings. The highest BCUT2D eigenvalue weighted by atomic mass is 32.1. The Balaban J connectivity index is 1.11. The molecule has 3 aromatic heterocycles. The molecule has 8 aromatic carbocycles. The molecule has 4 heteroatoms. The summed E-state index contributed by atoms with van der Waals surface area (Å²) in [5.74, 6) is 0. The first kappa shape index (κ1) is 29.1. The van der Waals surface area contributed by atoms with E-state index in [4.69, 9.17) is 8.83 Å². The van der Waals surface area contributed by atoms with Gasteiger partial charge in [0.15, 0.2) is 0 Å². The van der Waals surface area contributed by atoms with Crippen molar-refractivity contribution in [2.75, 3.05) is 4.90 Å². The van der Waals surface area contributed by atoms with Crippen molar-refractivity contribution in [2.45, 2.75) is 0 Å². The summed E-state index contributed by atoms with van der Waals surface area (Å²) in [4.78, 5) is 2.38. The molecule has 3 nitrogen and oxygen atoms in total. The van der Waals surface area contributed by atoms with Crippen LogP contribution in [0.1, 0.15) is 0 Å². The van der Waals surface area contributed by atoms with Gasteiger partial charge in [-0.3, -0.25) is 0 Å². The highest BCUT2D eigenvalue weighted by Crippen LogP contribution is 2.46. The fourth-order valence-corrected chi connectivity index (χ4v) is 9.04. The largest absolute Gasteiger partial charge is 0.455 e. The molecular weight excluding hydrogens is 655 g/mol. The minimum absolute atomic E-state index is 0.893. The van der Waals surface area contributed by atoms with Gasteiger partial charge in [-0.15, -0.1) is 11.3 Å². The second-order valence-corrected chi connectivity index (χ2v) is 14.3. The Labute approximate surface area is 303 Å². The summed E-state index contributed by atoms with van der Waals surface area (Å²) < 4.78 is 15.5. The molecule has 0 aliphatic heterocycles. The van der Waals surface area contributed by atoms with Crippen LogP contribution in [0.5, 0.6) is 0 Å². The van der Waals surface area contributed by atoms with Gasteiger partial charge in [-0.2, -0.15) is 0 Å². The smallest absolute Gasteiger partial charge is 0.143 e. The lowest BCUT2D eigenvalue weighted by atomic mass is 9.98. The Morgan fingerprint density at radius 2 is 0.904 bits per heavy atom. The van der Waals surface area contributed by atoms with Gasteiger partial charge in [-0.25, -0.2) is 0 Å². The van der Waals surface area contributed by atoms with E-state index in [-0.39, 0.29) is 0 Å². The van der Waals surface area contributed by atoms with Crippen molar-refractivity contribution in [3.8, 4) is 22.3 Å². The van der Waals surface area contributed by atoms with Crippen molar-refractivity contribution in [3.63, 3.8) is 0 Å². The van der Waals surface area contributed by atoms with Gasteiger partial charge in [-0.05, 0) is 54.1 Å². The molecule has 3 heterocycles. The molecule has 0 unspecified atom stereocenters. The van der Waals surface area contributed by atoms with Gasteiger partial charge >= 0.3 is 0 Å². The normalized spacial score (nSPS) is 11.8. The summed E-state index contributed by atoms with van der Waals surface area (Å²) in [5, 5.41) is 7.07. The van der Waals surface area contributed by atoms with Crippen LogP contribution >= 0.6 is 11.3 Å².